The average molecular weight is 548 g/mol. The number of fused-ring (bicyclic) bond motifs is 1. The Bertz CT molecular complexity index is 1170. The molecular weight excluding hydrogens is 522 g/mol. The van der Waals surface area contributed by atoms with Gasteiger partial charge in [-0.25, -0.2) is 9.78 Å². The van der Waals surface area contributed by atoms with Crippen LogP contribution >= 0.6 is 0 Å². The standard InChI is InChI=1S/C23H26F6N6O3/c1-33-18(30)13-7-8-15(32-19(13)35(21(33)31)38-20(36)23(27,28)29)17-14(22(24,25)26)5-4-6-16(17)37-12-11-34-9-2-3-10-34/h4-8,18,21H,2-3,9-12,30-31H2,1H3. The van der Waals surface area contributed by atoms with E-state index < -0.39 is 47.7 Å². The minimum Gasteiger partial charge on any atom is -0.492 e. The summed E-state index contributed by atoms with van der Waals surface area (Å²) >= 11 is 0. The molecule has 2 aliphatic heterocycles. The molecule has 2 aromatic rings. The fourth-order valence-corrected chi connectivity index (χ4v) is 4.36. The van der Waals surface area contributed by atoms with Crippen LogP contribution in [0.25, 0.3) is 11.3 Å². The summed E-state index contributed by atoms with van der Waals surface area (Å²) in [5.74, 6) is -3.14. The van der Waals surface area contributed by atoms with E-state index in [1.165, 1.54) is 36.2 Å². The molecule has 1 aromatic carbocycles. The summed E-state index contributed by atoms with van der Waals surface area (Å²) in [4.78, 5) is 23.6. The number of nitrogens with zero attached hydrogens (tertiary/aromatic N) is 4. The Kier molecular flexibility index (Phi) is 7.74. The van der Waals surface area contributed by atoms with E-state index in [2.05, 4.69) is 14.7 Å². The van der Waals surface area contributed by atoms with E-state index in [9.17, 15) is 31.1 Å². The van der Waals surface area contributed by atoms with Crippen LogP contribution < -0.4 is 21.3 Å². The summed E-state index contributed by atoms with van der Waals surface area (Å²) in [6.07, 6.45) is -10.6. The van der Waals surface area contributed by atoms with E-state index >= 15 is 0 Å². The van der Waals surface area contributed by atoms with Gasteiger partial charge in [-0.05, 0) is 51.2 Å². The molecule has 38 heavy (non-hydrogen) atoms. The van der Waals surface area contributed by atoms with Crippen molar-refractivity contribution in [3.05, 3.63) is 41.5 Å². The third-order valence-electron chi connectivity index (χ3n) is 6.39. The Hall–Kier alpha value is -3.14. The number of nitrogens with two attached hydrogens (primary N) is 2. The van der Waals surface area contributed by atoms with Gasteiger partial charge in [-0.2, -0.15) is 31.4 Å². The zero-order valence-electron chi connectivity index (χ0n) is 20.2. The molecule has 0 bridgehead atoms. The molecule has 0 saturated carbocycles. The van der Waals surface area contributed by atoms with Gasteiger partial charge in [0.1, 0.15) is 12.4 Å². The quantitative estimate of drug-likeness (QED) is 0.526. The molecule has 1 fully saturated rings. The first kappa shape index (κ1) is 27.9. The molecule has 2 atom stereocenters. The maximum atomic E-state index is 14.0. The summed E-state index contributed by atoms with van der Waals surface area (Å²) < 4.78 is 86.7. The van der Waals surface area contributed by atoms with Crippen molar-refractivity contribution in [1.29, 1.82) is 0 Å². The van der Waals surface area contributed by atoms with Crippen molar-refractivity contribution >= 4 is 11.8 Å². The number of hydrogen-bond acceptors (Lipinski definition) is 9. The number of carbonyl (C=O) groups excluding carboxylic acids is 1. The Morgan fingerprint density at radius 3 is 2.39 bits per heavy atom. The van der Waals surface area contributed by atoms with Crippen LogP contribution in [0.5, 0.6) is 5.75 Å². The lowest BCUT2D eigenvalue weighted by Gasteiger charge is -2.42. The Balaban J connectivity index is 1.77. The predicted molar refractivity (Wildman–Crippen MR) is 123 cm³/mol. The molecular formula is C23H26F6N6O3. The molecule has 1 aromatic heterocycles. The van der Waals surface area contributed by atoms with Gasteiger partial charge in [0, 0.05) is 12.1 Å². The number of likely N-dealkylation sites (tertiary alicyclic amines) is 1. The van der Waals surface area contributed by atoms with Crippen LogP contribution in [0.1, 0.15) is 30.1 Å². The highest BCUT2D eigenvalue weighted by molar-refractivity contribution is 5.78. The smallest absolute Gasteiger partial charge is 0.492 e. The molecule has 0 spiro atoms. The highest BCUT2D eigenvalue weighted by Crippen LogP contribution is 2.43. The number of hydrogen-bond donors (Lipinski definition) is 2. The molecule has 9 nitrogen and oxygen atoms in total. The van der Waals surface area contributed by atoms with E-state index in [1.807, 2.05) is 0 Å². The lowest BCUT2D eigenvalue weighted by molar-refractivity contribution is -0.204. The number of anilines is 1. The molecule has 15 heteroatoms. The monoisotopic (exact) mass is 548 g/mol. The molecule has 3 heterocycles. The van der Waals surface area contributed by atoms with Crippen molar-refractivity contribution in [2.24, 2.45) is 11.5 Å². The summed E-state index contributed by atoms with van der Waals surface area (Å²) in [6, 6.07) is 5.92. The van der Waals surface area contributed by atoms with E-state index in [0.717, 1.165) is 32.0 Å². The topological polar surface area (TPSA) is 110 Å². The largest absolute Gasteiger partial charge is 0.493 e. The zero-order valence-corrected chi connectivity index (χ0v) is 20.2. The van der Waals surface area contributed by atoms with E-state index in [4.69, 9.17) is 16.2 Å². The molecule has 2 aliphatic rings. The highest BCUT2D eigenvalue weighted by atomic mass is 19.4. The Morgan fingerprint density at radius 2 is 1.76 bits per heavy atom. The SMILES string of the molecule is CN1C(N)c2ccc(-c3c(OCCN4CCCC4)cccc3C(F)(F)F)nc2N(OC(=O)C(F)(F)F)C1N. The second kappa shape index (κ2) is 10.6. The molecule has 0 radical (unpaired) electrons. The van der Waals surface area contributed by atoms with Gasteiger partial charge in [0.2, 0.25) is 0 Å². The summed E-state index contributed by atoms with van der Waals surface area (Å²) in [5.41, 5.74) is 10.4. The molecule has 0 amide bonds. The summed E-state index contributed by atoms with van der Waals surface area (Å²) in [7, 11) is 1.37. The van der Waals surface area contributed by atoms with Gasteiger partial charge in [-0.15, -0.1) is 0 Å². The lowest BCUT2D eigenvalue weighted by atomic mass is 10.0. The van der Waals surface area contributed by atoms with Crippen molar-refractivity contribution in [2.45, 2.75) is 37.6 Å². The van der Waals surface area contributed by atoms with Crippen molar-refractivity contribution in [2.75, 3.05) is 38.4 Å². The van der Waals surface area contributed by atoms with Crippen molar-refractivity contribution in [3.8, 4) is 17.0 Å². The first-order valence-corrected chi connectivity index (χ1v) is 11.7. The zero-order chi connectivity index (χ0) is 27.8. The molecule has 4 N–H and O–H groups in total. The van der Waals surface area contributed by atoms with E-state index in [0.29, 0.717) is 11.6 Å². The maximum Gasteiger partial charge on any atom is 0.493 e. The number of aromatic nitrogens is 1. The van der Waals surface area contributed by atoms with Gasteiger partial charge in [-0.1, -0.05) is 12.1 Å². The maximum absolute atomic E-state index is 14.0. The van der Waals surface area contributed by atoms with Crippen LogP contribution in [0.4, 0.5) is 32.2 Å². The number of halogens is 6. The highest BCUT2D eigenvalue weighted by Gasteiger charge is 2.46. The van der Waals surface area contributed by atoms with Gasteiger partial charge in [0.05, 0.1) is 23.0 Å². The van der Waals surface area contributed by atoms with Gasteiger partial charge in [0.25, 0.3) is 0 Å². The fourth-order valence-electron chi connectivity index (χ4n) is 4.36. The number of benzene rings is 1. The van der Waals surface area contributed by atoms with Crippen molar-refractivity contribution < 1.29 is 40.7 Å². The van der Waals surface area contributed by atoms with Crippen LogP contribution in [0.15, 0.2) is 30.3 Å². The first-order valence-electron chi connectivity index (χ1n) is 11.7. The normalized spacial score (nSPS) is 20.9. The number of carbonyl (C=O) groups is 1. The molecule has 2 unspecified atom stereocenters. The van der Waals surface area contributed by atoms with E-state index in [-0.39, 0.29) is 23.6 Å². The number of hydroxylamine groups is 1. The molecule has 4 rings (SSSR count). The van der Waals surface area contributed by atoms with Crippen LogP contribution in [0.3, 0.4) is 0 Å². The van der Waals surface area contributed by atoms with Crippen LogP contribution in [0.2, 0.25) is 0 Å². The minimum atomic E-state index is -5.37. The number of ether oxygens (including phenoxy) is 1. The molecule has 1 saturated heterocycles. The first-order chi connectivity index (χ1) is 17.8. The van der Waals surface area contributed by atoms with Crippen molar-refractivity contribution in [1.82, 2.24) is 14.8 Å². The van der Waals surface area contributed by atoms with Gasteiger partial charge in [0.15, 0.2) is 12.1 Å². The van der Waals surface area contributed by atoms with Crippen LogP contribution in [-0.4, -0.2) is 66.5 Å². The number of rotatable bonds is 6. The second-order valence-corrected chi connectivity index (χ2v) is 8.91. The predicted octanol–water partition coefficient (Wildman–Crippen LogP) is 3.21. The molecule has 0 aliphatic carbocycles. The van der Waals surface area contributed by atoms with Gasteiger partial charge in [-0.3, -0.25) is 15.5 Å². The third-order valence-corrected chi connectivity index (χ3v) is 6.39. The number of alkyl halides is 6. The third kappa shape index (κ3) is 5.65. The Morgan fingerprint density at radius 1 is 1.08 bits per heavy atom. The Labute approximate surface area is 213 Å². The summed E-state index contributed by atoms with van der Waals surface area (Å²) in [6.45, 7) is 2.35. The second-order valence-electron chi connectivity index (χ2n) is 8.91. The number of pyridine rings is 1. The lowest BCUT2D eigenvalue weighted by Crippen LogP contribution is -2.60. The van der Waals surface area contributed by atoms with Crippen LogP contribution in [0, 0.1) is 0 Å². The van der Waals surface area contributed by atoms with Crippen LogP contribution in [-0.2, 0) is 15.8 Å². The van der Waals surface area contributed by atoms with Crippen molar-refractivity contribution in [3.63, 3.8) is 0 Å². The van der Waals surface area contributed by atoms with E-state index in [1.54, 1.807) is 0 Å². The summed E-state index contributed by atoms with van der Waals surface area (Å²) in [5, 5.41) is 0.377. The fraction of sp³-hybridized carbons (Fsp3) is 0.478. The minimum absolute atomic E-state index is 0.0777. The molecule has 208 valence electrons. The van der Waals surface area contributed by atoms with Gasteiger partial charge < -0.3 is 15.3 Å². The van der Waals surface area contributed by atoms with Gasteiger partial charge >= 0.3 is 18.3 Å². The average Bonchev–Trinajstić information content (AvgIpc) is 3.37.